The van der Waals surface area contributed by atoms with E-state index in [9.17, 15) is 4.79 Å². The molecular formula is C16H22N4O3. The molecule has 7 heteroatoms. The topological polar surface area (TPSA) is 80.5 Å². The number of hydrogen-bond acceptors (Lipinski definition) is 6. The molecule has 1 N–H and O–H groups in total. The molecule has 0 bridgehead atoms. The number of anilines is 2. The van der Waals surface area contributed by atoms with Gasteiger partial charge in [-0.25, -0.2) is 4.98 Å². The fraction of sp³-hybridized carbons (Fsp3) is 0.438. The van der Waals surface area contributed by atoms with Gasteiger partial charge in [-0.05, 0) is 12.5 Å². The molecule has 0 aliphatic rings. The van der Waals surface area contributed by atoms with Crippen LogP contribution in [0.5, 0.6) is 5.88 Å². The summed E-state index contributed by atoms with van der Waals surface area (Å²) in [6.45, 7) is 4.09. The van der Waals surface area contributed by atoms with E-state index in [1.54, 1.807) is 18.3 Å². The summed E-state index contributed by atoms with van der Waals surface area (Å²) in [6.07, 6.45) is 2.55. The minimum absolute atomic E-state index is 0.163. The zero-order valence-electron chi connectivity index (χ0n) is 14.1. The van der Waals surface area contributed by atoms with Crippen LogP contribution < -0.4 is 15.0 Å². The average molecular weight is 318 g/mol. The van der Waals surface area contributed by atoms with Gasteiger partial charge in [-0.15, -0.1) is 0 Å². The number of methoxy groups -OCH3 is 1. The molecule has 0 saturated heterocycles. The summed E-state index contributed by atoms with van der Waals surface area (Å²) in [5.41, 5.74) is 2.04. The third kappa shape index (κ3) is 3.61. The molecule has 1 amide bonds. The molecule has 7 nitrogen and oxygen atoms in total. The molecule has 2 rings (SSSR count). The van der Waals surface area contributed by atoms with E-state index >= 15 is 0 Å². The number of carbonyl (C=O) groups is 1. The quantitative estimate of drug-likeness (QED) is 0.882. The highest BCUT2D eigenvalue weighted by atomic mass is 16.5. The normalized spacial score (nSPS) is 11.9. The summed E-state index contributed by atoms with van der Waals surface area (Å²) in [4.78, 5) is 18.4. The van der Waals surface area contributed by atoms with Crippen LogP contribution in [0.1, 0.15) is 42.4 Å². The van der Waals surface area contributed by atoms with Crippen molar-refractivity contribution < 1.29 is 14.1 Å². The first-order valence-electron chi connectivity index (χ1n) is 7.46. The number of carbonyl (C=O) groups excluding carboxylic acids is 1. The van der Waals surface area contributed by atoms with Crippen molar-refractivity contribution in [3.63, 3.8) is 0 Å². The minimum Gasteiger partial charge on any atom is -0.479 e. The maximum atomic E-state index is 12.4. The Morgan fingerprint density at radius 3 is 2.83 bits per heavy atom. The van der Waals surface area contributed by atoms with Crippen molar-refractivity contribution in [3.8, 4) is 5.88 Å². The second-order valence-corrected chi connectivity index (χ2v) is 5.49. The molecule has 0 aliphatic heterocycles. The van der Waals surface area contributed by atoms with Gasteiger partial charge in [0, 0.05) is 32.3 Å². The lowest BCUT2D eigenvalue weighted by Crippen LogP contribution is -2.17. The van der Waals surface area contributed by atoms with Crippen molar-refractivity contribution in [1.82, 2.24) is 10.1 Å². The second kappa shape index (κ2) is 7.13. The summed E-state index contributed by atoms with van der Waals surface area (Å²) in [6, 6.07) is 3.46. The number of ether oxygens (including phenoxy) is 1. The zero-order chi connectivity index (χ0) is 17.0. The third-order valence-electron chi connectivity index (χ3n) is 3.68. The Morgan fingerprint density at radius 1 is 1.48 bits per heavy atom. The van der Waals surface area contributed by atoms with Crippen LogP contribution in [0.15, 0.2) is 22.9 Å². The Balaban J connectivity index is 2.28. The van der Waals surface area contributed by atoms with E-state index in [0.717, 1.165) is 17.8 Å². The van der Waals surface area contributed by atoms with Crippen molar-refractivity contribution in [3.05, 3.63) is 29.8 Å². The average Bonchev–Trinajstić information content (AvgIpc) is 3.04. The molecule has 0 fully saturated rings. The van der Waals surface area contributed by atoms with E-state index in [1.165, 1.54) is 7.11 Å². The fourth-order valence-electron chi connectivity index (χ4n) is 2.09. The van der Waals surface area contributed by atoms with Crippen LogP contribution in [-0.2, 0) is 0 Å². The van der Waals surface area contributed by atoms with Crippen LogP contribution in [0.3, 0.4) is 0 Å². The maximum absolute atomic E-state index is 12.4. The van der Waals surface area contributed by atoms with E-state index in [1.807, 2.05) is 25.9 Å². The van der Waals surface area contributed by atoms with Crippen molar-refractivity contribution in [2.24, 2.45) is 0 Å². The first kappa shape index (κ1) is 16.8. The van der Waals surface area contributed by atoms with Crippen LogP contribution in [0, 0.1) is 0 Å². The minimum atomic E-state index is -0.388. The Labute approximate surface area is 135 Å². The number of amides is 1. The molecule has 124 valence electrons. The van der Waals surface area contributed by atoms with Crippen LogP contribution in [0.25, 0.3) is 0 Å². The monoisotopic (exact) mass is 318 g/mol. The standard InChI is InChI=1S/C16H22N4O3/c1-6-10(2)11-9-13(23-19-11)15(21)18-14-12(20(3)4)7-8-17-16(14)22-5/h7-10H,6H2,1-5H3,(H,18,21)/t10-/m1/s1. The molecule has 2 heterocycles. The van der Waals surface area contributed by atoms with Gasteiger partial charge in [0.2, 0.25) is 11.6 Å². The van der Waals surface area contributed by atoms with Gasteiger partial charge in [-0.2, -0.15) is 0 Å². The smallest absolute Gasteiger partial charge is 0.294 e. The lowest BCUT2D eigenvalue weighted by molar-refractivity contribution is 0.0987. The molecule has 2 aromatic rings. The van der Waals surface area contributed by atoms with Gasteiger partial charge in [-0.3, -0.25) is 4.79 Å². The summed E-state index contributed by atoms with van der Waals surface area (Å²) in [5, 5.41) is 6.75. The van der Waals surface area contributed by atoms with Gasteiger partial charge in [0.25, 0.3) is 5.91 Å². The second-order valence-electron chi connectivity index (χ2n) is 5.49. The maximum Gasteiger partial charge on any atom is 0.294 e. The molecule has 1 atom stereocenters. The van der Waals surface area contributed by atoms with Crippen molar-refractivity contribution in [1.29, 1.82) is 0 Å². The molecule has 0 spiro atoms. The predicted molar refractivity (Wildman–Crippen MR) is 88.3 cm³/mol. The van der Waals surface area contributed by atoms with E-state index in [-0.39, 0.29) is 17.6 Å². The molecule has 0 radical (unpaired) electrons. The summed E-state index contributed by atoms with van der Waals surface area (Å²) < 4.78 is 10.4. The third-order valence-corrected chi connectivity index (χ3v) is 3.68. The largest absolute Gasteiger partial charge is 0.479 e. The van der Waals surface area contributed by atoms with Crippen molar-refractivity contribution >= 4 is 17.3 Å². The van der Waals surface area contributed by atoms with Gasteiger partial charge in [0.1, 0.15) is 5.69 Å². The van der Waals surface area contributed by atoms with Gasteiger partial charge in [0.15, 0.2) is 0 Å². The number of nitrogens with zero attached hydrogens (tertiary/aromatic N) is 3. The van der Waals surface area contributed by atoms with E-state index in [0.29, 0.717) is 11.6 Å². The van der Waals surface area contributed by atoms with Gasteiger partial charge in [-0.1, -0.05) is 19.0 Å². The van der Waals surface area contributed by atoms with Crippen LogP contribution in [-0.4, -0.2) is 37.3 Å². The molecule has 0 unspecified atom stereocenters. The summed E-state index contributed by atoms with van der Waals surface area (Å²) in [7, 11) is 5.26. The highest BCUT2D eigenvalue weighted by molar-refractivity contribution is 6.05. The van der Waals surface area contributed by atoms with E-state index < -0.39 is 0 Å². The number of nitrogens with one attached hydrogen (secondary N) is 1. The lowest BCUT2D eigenvalue weighted by atomic mass is 10.1. The Hall–Kier alpha value is -2.57. The first-order chi connectivity index (χ1) is 11.0. The molecule has 0 saturated carbocycles. The molecule has 23 heavy (non-hydrogen) atoms. The van der Waals surface area contributed by atoms with Gasteiger partial charge < -0.3 is 19.5 Å². The highest BCUT2D eigenvalue weighted by Crippen LogP contribution is 2.32. The zero-order valence-corrected chi connectivity index (χ0v) is 14.1. The number of aromatic nitrogens is 2. The Morgan fingerprint density at radius 2 is 2.22 bits per heavy atom. The SMILES string of the molecule is CC[C@@H](C)c1cc(C(=O)Nc2c(N(C)C)ccnc2OC)on1. The van der Waals surface area contributed by atoms with Crippen LogP contribution >= 0.6 is 0 Å². The van der Waals surface area contributed by atoms with Crippen LogP contribution in [0.4, 0.5) is 11.4 Å². The lowest BCUT2D eigenvalue weighted by Gasteiger charge is -2.18. The van der Waals surface area contributed by atoms with E-state index in [4.69, 9.17) is 9.26 Å². The summed E-state index contributed by atoms with van der Waals surface area (Å²) >= 11 is 0. The fourth-order valence-corrected chi connectivity index (χ4v) is 2.09. The van der Waals surface area contributed by atoms with Gasteiger partial charge >= 0.3 is 0 Å². The molecule has 0 aliphatic carbocycles. The summed E-state index contributed by atoms with van der Waals surface area (Å²) in [5.74, 6) is 0.356. The first-order valence-corrected chi connectivity index (χ1v) is 7.46. The number of pyridine rings is 1. The highest BCUT2D eigenvalue weighted by Gasteiger charge is 2.20. The van der Waals surface area contributed by atoms with Crippen LogP contribution in [0.2, 0.25) is 0 Å². The number of rotatable bonds is 6. The van der Waals surface area contributed by atoms with Crippen molar-refractivity contribution in [2.75, 3.05) is 31.4 Å². The Bertz CT molecular complexity index is 682. The number of hydrogen-bond donors (Lipinski definition) is 1. The molecular weight excluding hydrogens is 296 g/mol. The van der Waals surface area contributed by atoms with Gasteiger partial charge in [0.05, 0.1) is 18.5 Å². The molecule has 0 aromatic carbocycles. The van der Waals surface area contributed by atoms with Crippen molar-refractivity contribution in [2.45, 2.75) is 26.2 Å². The molecule has 2 aromatic heterocycles. The Kier molecular flexibility index (Phi) is 5.20. The predicted octanol–water partition coefficient (Wildman–Crippen LogP) is 2.91. The van der Waals surface area contributed by atoms with E-state index in [2.05, 4.69) is 22.4 Å².